The highest BCUT2D eigenvalue weighted by atomic mass is 19.1. The second-order valence-electron chi connectivity index (χ2n) is 11.2. The number of amides is 2. The summed E-state index contributed by atoms with van der Waals surface area (Å²) in [7, 11) is 0. The van der Waals surface area contributed by atoms with E-state index in [1.165, 1.54) is 36.2 Å². The predicted octanol–water partition coefficient (Wildman–Crippen LogP) is 3.44. The van der Waals surface area contributed by atoms with E-state index in [0.717, 1.165) is 6.07 Å². The minimum atomic E-state index is -1.40. The Hall–Kier alpha value is -4.88. The van der Waals surface area contributed by atoms with E-state index >= 15 is 8.78 Å². The van der Waals surface area contributed by atoms with Crippen molar-refractivity contribution in [2.45, 2.75) is 44.9 Å². The minimum absolute atomic E-state index is 0.0385. The number of benzene rings is 2. The van der Waals surface area contributed by atoms with Gasteiger partial charge in [-0.05, 0) is 38.0 Å². The number of cyclic esters (lactones) is 1. The predicted molar refractivity (Wildman–Crippen MR) is 154 cm³/mol. The van der Waals surface area contributed by atoms with Crippen molar-refractivity contribution < 1.29 is 42.5 Å². The van der Waals surface area contributed by atoms with Crippen molar-refractivity contribution in [2.75, 3.05) is 42.6 Å². The van der Waals surface area contributed by atoms with Crippen LogP contribution < -0.4 is 30.0 Å². The topological polar surface area (TPSA) is 140 Å². The van der Waals surface area contributed by atoms with Gasteiger partial charge in [-0.1, -0.05) is 0 Å². The molecule has 0 saturated carbocycles. The summed E-state index contributed by atoms with van der Waals surface area (Å²) in [5.41, 5.74) is -0.519. The molecule has 2 aromatic carbocycles. The van der Waals surface area contributed by atoms with E-state index in [1.54, 1.807) is 9.47 Å². The lowest BCUT2D eigenvalue weighted by Gasteiger charge is -2.37. The molecule has 2 unspecified atom stereocenters. The number of hydrogen-bond donors (Lipinski definition) is 2. The number of nitrogens with one attached hydrogen (secondary N) is 1. The zero-order valence-electron chi connectivity index (χ0n) is 24.0. The normalized spacial score (nSPS) is 21.2. The molecule has 0 radical (unpaired) electrons. The van der Waals surface area contributed by atoms with Gasteiger partial charge in [-0.15, -0.1) is 0 Å². The van der Waals surface area contributed by atoms with Crippen LogP contribution in [0.5, 0.6) is 11.5 Å². The number of carboxylic acid groups (broad SMARTS) is 1. The Morgan fingerprint density at radius 1 is 1.16 bits per heavy atom. The van der Waals surface area contributed by atoms with Gasteiger partial charge in [-0.25, -0.2) is 18.4 Å². The Labute approximate surface area is 249 Å². The van der Waals surface area contributed by atoms with Crippen LogP contribution in [0.4, 0.5) is 25.0 Å². The molecule has 3 aliphatic rings. The van der Waals surface area contributed by atoms with Gasteiger partial charge in [0, 0.05) is 25.7 Å². The molecule has 3 aliphatic heterocycles. The molecule has 4 heterocycles. The number of anilines is 2. The van der Waals surface area contributed by atoms with Crippen LogP contribution in [0, 0.1) is 11.6 Å². The van der Waals surface area contributed by atoms with Crippen LogP contribution in [0.15, 0.2) is 35.3 Å². The van der Waals surface area contributed by atoms with Crippen LogP contribution in [0.1, 0.15) is 43.1 Å². The molecule has 2 fully saturated rings. The fraction of sp³-hybridized carbons (Fsp3) is 0.400. The van der Waals surface area contributed by atoms with Gasteiger partial charge < -0.3 is 34.1 Å². The number of carboxylic acids is 1. The Balaban J connectivity index is 1.23. The van der Waals surface area contributed by atoms with Gasteiger partial charge in [0.1, 0.15) is 30.1 Å². The van der Waals surface area contributed by atoms with Gasteiger partial charge in [0.15, 0.2) is 23.1 Å². The zero-order chi connectivity index (χ0) is 31.3. The summed E-state index contributed by atoms with van der Waals surface area (Å²) in [6.45, 7) is 4.23. The molecule has 232 valence electrons. The first-order valence-electron chi connectivity index (χ1n) is 14.2. The lowest BCUT2D eigenvalue weighted by Crippen LogP contribution is -2.42. The van der Waals surface area contributed by atoms with Crippen LogP contribution >= 0.6 is 0 Å². The van der Waals surface area contributed by atoms with Gasteiger partial charge in [-0.3, -0.25) is 14.5 Å². The Kier molecular flexibility index (Phi) is 7.51. The van der Waals surface area contributed by atoms with Crippen molar-refractivity contribution >= 4 is 40.2 Å². The highest BCUT2D eigenvalue weighted by Gasteiger charge is 2.34. The maximum Gasteiger partial charge on any atom is 0.414 e. The highest BCUT2D eigenvalue weighted by molar-refractivity contribution is 5.97. The number of carbonyl (C=O) groups excluding carboxylic acids is 2. The monoisotopic (exact) mass is 612 g/mol. The lowest BCUT2D eigenvalue weighted by atomic mass is 10.0. The standard InChI is InChI=1S/C30H30F2N4O8/c1-15-14-42-28-25-20(27(38)21(29(39)40)13-35(15)25)9-23(32)26(28)34-7-3-4-18(11-34)43-24-6-5-17(8-22(24)31)36-12-19(44-30(36)41)10-33-16(2)37/h5-6,8-9,13,15,18-19H,3-4,7,10-12,14H2,1-2H3,(H,33,37)(H,39,40)/t15?,18?,19-/m0/s1. The number of hydrogen-bond acceptors (Lipinski definition) is 8. The summed E-state index contributed by atoms with van der Waals surface area (Å²) < 4.78 is 49.7. The average molecular weight is 613 g/mol. The molecule has 2 amide bonds. The average Bonchev–Trinajstić information content (AvgIpc) is 3.36. The fourth-order valence-electron chi connectivity index (χ4n) is 5.93. The highest BCUT2D eigenvalue weighted by Crippen LogP contribution is 2.43. The molecule has 0 spiro atoms. The minimum Gasteiger partial charge on any atom is -0.487 e. The third-order valence-electron chi connectivity index (χ3n) is 8.04. The Morgan fingerprint density at radius 3 is 2.68 bits per heavy atom. The van der Waals surface area contributed by atoms with Crippen molar-refractivity contribution in [3.8, 4) is 11.5 Å². The summed E-state index contributed by atoms with van der Waals surface area (Å²) in [5.74, 6) is -2.97. The number of carbonyl (C=O) groups is 3. The first kappa shape index (κ1) is 29.2. The van der Waals surface area contributed by atoms with E-state index < -0.39 is 46.9 Å². The van der Waals surface area contributed by atoms with E-state index in [1.807, 2.05) is 6.92 Å². The first-order valence-corrected chi connectivity index (χ1v) is 14.2. The molecule has 2 N–H and O–H groups in total. The summed E-state index contributed by atoms with van der Waals surface area (Å²) >= 11 is 0. The van der Waals surface area contributed by atoms with Crippen LogP contribution in [0.3, 0.4) is 0 Å². The molecule has 2 saturated heterocycles. The van der Waals surface area contributed by atoms with Crippen LogP contribution in [-0.2, 0) is 9.53 Å². The smallest absolute Gasteiger partial charge is 0.414 e. The van der Waals surface area contributed by atoms with Crippen molar-refractivity contribution in [3.05, 3.63) is 57.9 Å². The van der Waals surface area contributed by atoms with E-state index in [0.29, 0.717) is 24.9 Å². The van der Waals surface area contributed by atoms with Crippen molar-refractivity contribution in [2.24, 2.45) is 0 Å². The van der Waals surface area contributed by atoms with E-state index in [-0.39, 0.29) is 66.5 Å². The lowest BCUT2D eigenvalue weighted by molar-refractivity contribution is -0.119. The Bertz CT molecular complexity index is 1740. The SMILES string of the molecule is CC(=O)NC[C@H]1CN(c2ccc(OC3CCCN(c4c(F)cc5c(=O)c(C(=O)O)cn6c5c4OCC6C)C3)c(F)c2)C(=O)O1. The van der Waals surface area contributed by atoms with Gasteiger partial charge in [-0.2, -0.15) is 0 Å². The van der Waals surface area contributed by atoms with E-state index in [4.69, 9.17) is 14.2 Å². The summed E-state index contributed by atoms with van der Waals surface area (Å²) in [4.78, 5) is 51.1. The molecule has 6 rings (SSSR count). The fourth-order valence-corrected chi connectivity index (χ4v) is 5.93. The molecule has 3 aromatic rings. The number of aromatic carboxylic acids is 1. The number of nitrogens with zero attached hydrogens (tertiary/aromatic N) is 3. The zero-order valence-corrected chi connectivity index (χ0v) is 24.0. The molecular weight excluding hydrogens is 582 g/mol. The van der Waals surface area contributed by atoms with Gasteiger partial charge in [0.25, 0.3) is 0 Å². The maximum atomic E-state index is 15.7. The van der Waals surface area contributed by atoms with Crippen LogP contribution in [0.25, 0.3) is 10.9 Å². The number of ether oxygens (including phenoxy) is 3. The third kappa shape index (κ3) is 5.24. The molecule has 12 nitrogen and oxygen atoms in total. The molecule has 3 atom stereocenters. The summed E-state index contributed by atoms with van der Waals surface area (Å²) in [6.07, 6.45) is 0.683. The number of aromatic nitrogens is 1. The van der Waals surface area contributed by atoms with E-state index in [2.05, 4.69) is 5.32 Å². The van der Waals surface area contributed by atoms with Crippen molar-refractivity contribution in [1.82, 2.24) is 9.88 Å². The van der Waals surface area contributed by atoms with Gasteiger partial charge >= 0.3 is 12.1 Å². The Morgan fingerprint density at radius 2 is 1.95 bits per heavy atom. The molecular formula is C30H30F2N4O8. The van der Waals surface area contributed by atoms with Crippen molar-refractivity contribution in [3.63, 3.8) is 0 Å². The van der Waals surface area contributed by atoms with Gasteiger partial charge in [0.2, 0.25) is 11.3 Å². The number of halogens is 2. The summed E-state index contributed by atoms with van der Waals surface area (Å²) in [6, 6.07) is 4.88. The maximum absolute atomic E-state index is 15.7. The quantitative estimate of drug-likeness (QED) is 0.411. The first-order chi connectivity index (χ1) is 21.0. The van der Waals surface area contributed by atoms with Crippen molar-refractivity contribution in [1.29, 1.82) is 0 Å². The third-order valence-corrected chi connectivity index (χ3v) is 8.04. The second kappa shape index (κ2) is 11.3. The van der Waals surface area contributed by atoms with Crippen LogP contribution in [-0.4, -0.2) is 72.6 Å². The molecule has 1 aromatic heterocycles. The van der Waals surface area contributed by atoms with Crippen LogP contribution in [0.2, 0.25) is 0 Å². The van der Waals surface area contributed by atoms with Gasteiger partial charge in [0.05, 0.1) is 42.3 Å². The number of piperidine rings is 1. The number of rotatable bonds is 7. The molecule has 0 bridgehead atoms. The second-order valence-corrected chi connectivity index (χ2v) is 11.2. The molecule has 14 heteroatoms. The summed E-state index contributed by atoms with van der Waals surface area (Å²) in [5, 5.41) is 12.0. The van der Waals surface area contributed by atoms with E-state index in [9.17, 15) is 24.3 Å². The number of pyridine rings is 1. The molecule has 44 heavy (non-hydrogen) atoms. The largest absolute Gasteiger partial charge is 0.487 e. The molecule has 0 aliphatic carbocycles.